The van der Waals surface area contributed by atoms with Crippen molar-refractivity contribution >= 4 is 72.7 Å². The molecule has 1 aromatic heterocycles. The number of anilines is 1. The average Bonchev–Trinajstić information content (AvgIpc) is 3.22. The molecule has 2 aromatic carbocycles. The van der Waals surface area contributed by atoms with Crippen LogP contribution in [0.1, 0.15) is 10.4 Å². The molecule has 0 bridgehead atoms. The first-order valence-electron chi connectivity index (χ1n) is 8.69. The number of thioether (sulfide) groups is 1. The summed E-state index contributed by atoms with van der Waals surface area (Å²) >= 11 is 13.2. The number of halogens is 2. The Morgan fingerprint density at radius 1 is 1.10 bits per heavy atom. The molecule has 0 unspecified atom stereocenters. The zero-order valence-electron chi connectivity index (χ0n) is 15.2. The van der Waals surface area contributed by atoms with Crippen LogP contribution in [0.3, 0.4) is 0 Å². The van der Waals surface area contributed by atoms with E-state index in [4.69, 9.17) is 23.2 Å². The molecule has 2 N–H and O–H groups in total. The van der Waals surface area contributed by atoms with Crippen LogP contribution in [0.25, 0.3) is 10.9 Å². The van der Waals surface area contributed by atoms with Gasteiger partial charge in [0.05, 0.1) is 32.7 Å². The van der Waals surface area contributed by atoms with Gasteiger partial charge in [-0.25, -0.2) is 8.42 Å². The number of amides is 1. The third kappa shape index (κ3) is 4.24. The Bertz CT molecular complexity index is 1300. The topological polar surface area (TPSA) is 101 Å². The Kier molecular flexibility index (Phi) is 5.88. The number of hydrogen-bond donors (Lipinski definition) is 2. The van der Waals surface area contributed by atoms with Crippen LogP contribution in [0, 0.1) is 0 Å². The normalized spacial score (nSPS) is 13.9. The van der Waals surface area contributed by atoms with Crippen molar-refractivity contribution in [2.75, 3.05) is 17.6 Å². The van der Waals surface area contributed by atoms with Gasteiger partial charge in [-0.05, 0) is 42.5 Å². The summed E-state index contributed by atoms with van der Waals surface area (Å²) in [6.45, 7) is 0.574. The van der Waals surface area contributed by atoms with Crippen molar-refractivity contribution < 1.29 is 13.2 Å². The van der Waals surface area contributed by atoms with Gasteiger partial charge in [-0.3, -0.25) is 19.5 Å². The fraction of sp³-hybridized carbons (Fsp3) is 0.105. The molecule has 2 heterocycles. The summed E-state index contributed by atoms with van der Waals surface area (Å²) in [5.74, 6) is 0.311. The van der Waals surface area contributed by atoms with Crippen molar-refractivity contribution in [3.63, 3.8) is 0 Å². The number of rotatable bonds is 4. The minimum absolute atomic E-state index is 0.0494. The van der Waals surface area contributed by atoms with Gasteiger partial charge in [0.1, 0.15) is 0 Å². The predicted molar refractivity (Wildman–Crippen MR) is 121 cm³/mol. The molecule has 7 nitrogen and oxygen atoms in total. The molecule has 0 atom stereocenters. The maximum absolute atomic E-state index is 12.9. The fourth-order valence-corrected chi connectivity index (χ4v) is 5.41. The Hall–Kier alpha value is -2.33. The number of benzene rings is 2. The second-order valence-corrected chi connectivity index (χ2v) is 9.78. The number of fused-ring (bicyclic) bond motifs is 1. The largest absolute Gasteiger partial charge is 0.320 e. The minimum Gasteiger partial charge on any atom is -0.320 e. The summed E-state index contributed by atoms with van der Waals surface area (Å²) in [4.78, 5) is 21.1. The maximum Gasteiger partial charge on any atom is 0.264 e. The van der Waals surface area contributed by atoms with E-state index in [-0.39, 0.29) is 9.92 Å². The molecule has 4 rings (SSSR count). The van der Waals surface area contributed by atoms with E-state index in [1.54, 1.807) is 18.2 Å². The molecule has 1 aliphatic heterocycles. The van der Waals surface area contributed by atoms with Crippen LogP contribution in [0.5, 0.6) is 0 Å². The van der Waals surface area contributed by atoms with Gasteiger partial charge >= 0.3 is 0 Å². The van der Waals surface area contributed by atoms with E-state index in [1.807, 2.05) is 0 Å². The molecule has 0 aliphatic carbocycles. The fourth-order valence-electron chi connectivity index (χ4n) is 2.88. The number of carbonyl (C=O) groups is 1. The Labute approximate surface area is 186 Å². The van der Waals surface area contributed by atoms with E-state index in [0.29, 0.717) is 38.9 Å². The Morgan fingerprint density at radius 3 is 2.67 bits per heavy atom. The van der Waals surface area contributed by atoms with Crippen molar-refractivity contribution in [2.45, 2.75) is 4.90 Å². The van der Waals surface area contributed by atoms with E-state index in [9.17, 15) is 13.2 Å². The molecule has 3 aromatic rings. The van der Waals surface area contributed by atoms with Crippen molar-refractivity contribution in [3.8, 4) is 0 Å². The molecular weight excluding hydrogens is 467 g/mol. The molecule has 0 saturated heterocycles. The van der Waals surface area contributed by atoms with E-state index < -0.39 is 15.9 Å². The second-order valence-electron chi connectivity index (χ2n) is 6.23. The first kappa shape index (κ1) is 20.9. The Morgan fingerprint density at radius 2 is 1.93 bits per heavy atom. The first-order chi connectivity index (χ1) is 14.3. The van der Waals surface area contributed by atoms with Crippen molar-refractivity contribution in [3.05, 3.63) is 64.3 Å². The van der Waals surface area contributed by atoms with Gasteiger partial charge in [-0.2, -0.15) is 0 Å². The lowest BCUT2D eigenvalue weighted by Crippen LogP contribution is -2.27. The highest BCUT2D eigenvalue weighted by Crippen LogP contribution is 2.29. The van der Waals surface area contributed by atoms with Gasteiger partial charge in [0.2, 0.25) is 0 Å². The van der Waals surface area contributed by atoms with E-state index in [0.717, 1.165) is 5.75 Å². The monoisotopic (exact) mass is 480 g/mol. The minimum atomic E-state index is -3.86. The molecule has 0 radical (unpaired) electrons. The summed E-state index contributed by atoms with van der Waals surface area (Å²) in [5.41, 5.74) is 1.02. The van der Waals surface area contributed by atoms with Crippen LogP contribution < -0.4 is 10.0 Å². The SMILES string of the molecule is O=C(Nc1ccc(S(=O)(=O)NC2=NCCS2)c2cccnc12)c1ccc(Cl)c(Cl)c1. The number of pyridine rings is 1. The van der Waals surface area contributed by atoms with E-state index >= 15 is 0 Å². The molecule has 1 amide bonds. The highest BCUT2D eigenvalue weighted by atomic mass is 35.5. The molecular formula is C19H14Cl2N4O3S2. The number of hydrogen-bond acceptors (Lipinski definition) is 6. The quantitative estimate of drug-likeness (QED) is 0.583. The highest BCUT2D eigenvalue weighted by molar-refractivity contribution is 8.15. The first-order valence-corrected chi connectivity index (χ1v) is 11.9. The third-order valence-electron chi connectivity index (χ3n) is 4.26. The molecule has 0 saturated carbocycles. The van der Waals surface area contributed by atoms with Crippen molar-refractivity contribution in [1.29, 1.82) is 0 Å². The van der Waals surface area contributed by atoms with E-state index in [2.05, 4.69) is 20.0 Å². The average molecular weight is 481 g/mol. The number of sulfonamides is 1. The van der Waals surface area contributed by atoms with Gasteiger partial charge < -0.3 is 5.32 Å². The lowest BCUT2D eigenvalue weighted by Gasteiger charge is -2.13. The van der Waals surface area contributed by atoms with Crippen LogP contribution in [0.2, 0.25) is 10.0 Å². The van der Waals surface area contributed by atoms with Gasteiger partial charge in [0, 0.05) is 22.9 Å². The van der Waals surface area contributed by atoms with Gasteiger partial charge in [-0.15, -0.1) is 0 Å². The van der Waals surface area contributed by atoms with Crippen LogP contribution in [-0.2, 0) is 10.0 Å². The number of aliphatic imine (C=N–C) groups is 1. The summed E-state index contributed by atoms with van der Waals surface area (Å²) in [7, 11) is -3.86. The standard InChI is InChI=1S/C19H14Cl2N4O3S2/c20-13-4-3-11(10-14(13)21)18(26)24-15-5-6-16(12-2-1-7-22-17(12)15)30(27,28)25-19-23-8-9-29-19/h1-7,10H,8-9H2,(H,23,25)(H,24,26). The number of nitrogens with one attached hydrogen (secondary N) is 2. The number of carbonyl (C=O) groups excluding carboxylic acids is 1. The number of amidine groups is 1. The van der Waals surface area contributed by atoms with Crippen LogP contribution in [-0.4, -0.2) is 36.8 Å². The lowest BCUT2D eigenvalue weighted by atomic mass is 10.1. The molecule has 1 aliphatic rings. The second kappa shape index (κ2) is 8.43. The number of aromatic nitrogens is 1. The Balaban J connectivity index is 1.70. The van der Waals surface area contributed by atoms with Crippen molar-refractivity contribution in [2.24, 2.45) is 4.99 Å². The zero-order valence-corrected chi connectivity index (χ0v) is 18.4. The van der Waals surface area contributed by atoms with Gasteiger partial charge in [-0.1, -0.05) is 35.0 Å². The summed E-state index contributed by atoms with van der Waals surface area (Å²) in [6, 6.07) is 10.7. The maximum atomic E-state index is 12.9. The lowest BCUT2D eigenvalue weighted by molar-refractivity contribution is 0.102. The molecule has 30 heavy (non-hydrogen) atoms. The smallest absolute Gasteiger partial charge is 0.264 e. The third-order valence-corrected chi connectivity index (χ3v) is 7.41. The highest BCUT2D eigenvalue weighted by Gasteiger charge is 2.23. The van der Waals surface area contributed by atoms with Gasteiger partial charge in [0.15, 0.2) is 5.17 Å². The van der Waals surface area contributed by atoms with Gasteiger partial charge in [0.25, 0.3) is 15.9 Å². The molecule has 154 valence electrons. The van der Waals surface area contributed by atoms with Crippen LogP contribution in [0.15, 0.2) is 58.5 Å². The van der Waals surface area contributed by atoms with E-state index in [1.165, 1.54) is 42.2 Å². The van der Waals surface area contributed by atoms with Crippen LogP contribution in [0.4, 0.5) is 5.69 Å². The number of nitrogens with zero attached hydrogens (tertiary/aromatic N) is 2. The summed E-state index contributed by atoms with van der Waals surface area (Å²) < 4.78 is 28.3. The molecule has 11 heteroatoms. The van der Waals surface area contributed by atoms with Crippen molar-refractivity contribution in [1.82, 2.24) is 9.71 Å². The molecule has 0 spiro atoms. The predicted octanol–water partition coefficient (Wildman–Crippen LogP) is 4.18. The summed E-state index contributed by atoms with van der Waals surface area (Å²) in [6.07, 6.45) is 1.53. The van der Waals surface area contributed by atoms with Crippen LogP contribution >= 0.6 is 35.0 Å². The molecule has 0 fully saturated rings. The zero-order chi connectivity index (χ0) is 21.3. The summed E-state index contributed by atoms with van der Waals surface area (Å²) in [5, 5.41) is 4.09.